The van der Waals surface area contributed by atoms with Gasteiger partial charge in [0, 0.05) is 47.5 Å². The molecule has 1 aromatic carbocycles. The van der Waals surface area contributed by atoms with Gasteiger partial charge in [0.15, 0.2) is 10.8 Å². The molecule has 3 heterocycles. The Hall–Kier alpha value is -2.82. The second-order valence-electron chi connectivity index (χ2n) is 7.35. The third-order valence-electron chi connectivity index (χ3n) is 5.20. The normalized spacial score (nSPS) is 19.2. The van der Waals surface area contributed by atoms with Gasteiger partial charge >= 0.3 is 11.9 Å². The first kappa shape index (κ1) is 22.4. The fourth-order valence-corrected chi connectivity index (χ4v) is 4.50. The molecular weight excluding hydrogens is 459 g/mol. The molecule has 1 saturated heterocycles. The Morgan fingerprint density at radius 3 is 2.81 bits per heavy atom. The Morgan fingerprint density at radius 2 is 2.19 bits per heavy atom. The number of nitrogens with one attached hydrogen (secondary N) is 1. The fourth-order valence-electron chi connectivity index (χ4n) is 3.65. The van der Waals surface area contributed by atoms with E-state index >= 15 is 0 Å². The summed E-state index contributed by atoms with van der Waals surface area (Å²) in [5, 5.41) is 14.9. The average molecular weight is 479 g/mol. The molecule has 0 bridgehead atoms. The van der Waals surface area contributed by atoms with Crippen molar-refractivity contribution in [1.29, 1.82) is 0 Å². The van der Waals surface area contributed by atoms with Crippen LogP contribution in [0.3, 0.4) is 0 Å². The van der Waals surface area contributed by atoms with Crippen molar-refractivity contribution in [3.05, 3.63) is 62.5 Å². The third-order valence-corrected chi connectivity index (χ3v) is 6.31. The van der Waals surface area contributed by atoms with Gasteiger partial charge in [0.1, 0.15) is 11.9 Å². The molecule has 8 nitrogen and oxygen atoms in total. The molecule has 168 valence electrons. The van der Waals surface area contributed by atoms with Crippen molar-refractivity contribution in [3.63, 3.8) is 0 Å². The minimum atomic E-state index is -0.849. The van der Waals surface area contributed by atoms with E-state index in [1.165, 1.54) is 29.5 Å². The molecule has 0 amide bonds. The lowest BCUT2D eigenvalue weighted by Gasteiger charge is -2.38. The molecule has 1 aromatic heterocycles. The number of aromatic nitrogens is 1. The highest BCUT2D eigenvalue weighted by Crippen LogP contribution is 2.37. The molecule has 0 radical (unpaired) electrons. The van der Waals surface area contributed by atoms with Crippen molar-refractivity contribution in [3.8, 4) is 0 Å². The predicted molar refractivity (Wildman–Crippen MR) is 117 cm³/mol. The second kappa shape index (κ2) is 9.35. The number of carboxylic acid groups (broad SMARTS) is 1. The van der Waals surface area contributed by atoms with Crippen LogP contribution in [0.2, 0.25) is 5.02 Å². The molecule has 1 atom stereocenters. The number of thiazole rings is 1. The number of carboxylic acids is 1. The van der Waals surface area contributed by atoms with Crippen LogP contribution < -0.4 is 5.32 Å². The summed E-state index contributed by atoms with van der Waals surface area (Å²) in [5.74, 6) is -1.92. The monoisotopic (exact) mass is 478 g/mol. The van der Waals surface area contributed by atoms with Crippen LogP contribution in [0.15, 0.2) is 46.0 Å². The molecule has 0 saturated carbocycles. The first-order chi connectivity index (χ1) is 15.4. The van der Waals surface area contributed by atoms with Gasteiger partial charge in [0.25, 0.3) is 0 Å². The van der Waals surface area contributed by atoms with E-state index in [2.05, 4.69) is 15.3 Å². The summed E-state index contributed by atoms with van der Waals surface area (Å²) < 4.78 is 19.0. The van der Waals surface area contributed by atoms with Crippen LogP contribution in [0.1, 0.15) is 23.5 Å². The van der Waals surface area contributed by atoms with Gasteiger partial charge in [-0.3, -0.25) is 14.7 Å². The molecule has 4 rings (SSSR count). The molecule has 32 heavy (non-hydrogen) atoms. The number of rotatable bonds is 7. The van der Waals surface area contributed by atoms with Gasteiger partial charge in [-0.1, -0.05) is 17.7 Å². The van der Waals surface area contributed by atoms with E-state index in [1.54, 1.807) is 18.5 Å². The van der Waals surface area contributed by atoms with Gasteiger partial charge in [-0.25, -0.2) is 14.2 Å². The molecule has 2 N–H and O–H groups in total. The molecule has 0 spiro atoms. The van der Waals surface area contributed by atoms with Gasteiger partial charge in [0.05, 0.1) is 18.1 Å². The van der Waals surface area contributed by atoms with Gasteiger partial charge in [-0.15, -0.1) is 11.3 Å². The predicted octanol–water partition coefficient (Wildman–Crippen LogP) is 2.86. The number of ether oxygens (including phenoxy) is 1. The molecule has 2 aliphatic heterocycles. The van der Waals surface area contributed by atoms with Gasteiger partial charge in [-0.2, -0.15) is 0 Å². The fraction of sp³-hybridized carbons (Fsp3) is 0.333. The summed E-state index contributed by atoms with van der Waals surface area (Å²) in [5.41, 5.74) is 1.23. The van der Waals surface area contributed by atoms with E-state index in [0.717, 1.165) is 0 Å². The minimum Gasteiger partial charge on any atom is -0.481 e. The number of likely N-dealkylation sites (tertiary alicyclic amines) is 1. The first-order valence-electron chi connectivity index (χ1n) is 9.92. The Morgan fingerprint density at radius 1 is 1.41 bits per heavy atom. The maximum absolute atomic E-state index is 13.7. The SMILES string of the molecule is CCOC(=O)C1=C(CN2CC(C(=O)O)C2)NC(c2nccs2)=N[C@H]1c1ccc(F)cc1Cl. The number of amidine groups is 1. The van der Waals surface area contributed by atoms with E-state index in [-0.39, 0.29) is 23.7 Å². The maximum Gasteiger partial charge on any atom is 0.338 e. The van der Waals surface area contributed by atoms with Crippen molar-refractivity contribution < 1.29 is 23.8 Å². The van der Waals surface area contributed by atoms with Crippen molar-refractivity contribution in [2.75, 3.05) is 26.2 Å². The number of halogens is 2. The summed E-state index contributed by atoms with van der Waals surface area (Å²) >= 11 is 7.71. The van der Waals surface area contributed by atoms with Crippen LogP contribution in [-0.2, 0) is 14.3 Å². The zero-order valence-electron chi connectivity index (χ0n) is 17.0. The summed E-state index contributed by atoms with van der Waals surface area (Å²) in [6.45, 7) is 2.88. The third kappa shape index (κ3) is 4.52. The highest BCUT2D eigenvalue weighted by atomic mass is 35.5. The molecule has 2 aromatic rings. The van der Waals surface area contributed by atoms with Crippen molar-refractivity contribution in [1.82, 2.24) is 15.2 Å². The number of aliphatic imine (C=N–C) groups is 1. The number of carbonyl (C=O) groups is 2. The van der Waals surface area contributed by atoms with E-state index < -0.39 is 29.7 Å². The first-order valence-corrected chi connectivity index (χ1v) is 11.2. The highest BCUT2D eigenvalue weighted by molar-refractivity contribution is 7.11. The Balaban J connectivity index is 1.77. The smallest absolute Gasteiger partial charge is 0.338 e. The summed E-state index contributed by atoms with van der Waals surface area (Å²) in [6, 6.07) is 3.09. The largest absolute Gasteiger partial charge is 0.481 e. The quantitative estimate of drug-likeness (QED) is 0.589. The van der Waals surface area contributed by atoms with Crippen LogP contribution in [-0.4, -0.2) is 59.0 Å². The standard InChI is InChI=1S/C21H20ClFN4O4S/c1-2-31-21(30)16-15(10-27-8-11(9-27)20(28)29)25-18(19-24-5-6-32-19)26-17(16)13-4-3-12(23)7-14(13)22/h3-7,11,17H,2,8-10H2,1H3,(H,25,26)(H,28,29)/t17-/m0/s1. The van der Waals surface area contributed by atoms with E-state index in [4.69, 9.17) is 16.3 Å². The van der Waals surface area contributed by atoms with Crippen molar-refractivity contribution in [2.45, 2.75) is 13.0 Å². The van der Waals surface area contributed by atoms with Crippen LogP contribution in [0, 0.1) is 11.7 Å². The van der Waals surface area contributed by atoms with Crippen LogP contribution in [0.25, 0.3) is 0 Å². The topological polar surface area (TPSA) is 104 Å². The Labute approximate surface area is 192 Å². The second-order valence-corrected chi connectivity index (χ2v) is 8.65. The molecule has 11 heteroatoms. The average Bonchev–Trinajstić information content (AvgIpc) is 3.24. The highest BCUT2D eigenvalue weighted by Gasteiger charge is 2.38. The molecule has 0 unspecified atom stereocenters. The van der Waals surface area contributed by atoms with Crippen LogP contribution in [0.4, 0.5) is 4.39 Å². The van der Waals surface area contributed by atoms with E-state index in [1.807, 2.05) is 4.90 Å². The van der Waals surface area contributed by atoms with E-state index in [0.29, 0.717) is 35.2 Å². The zero-order chi connectivity index (χ0) is 22.8. The number of hydrogen-bond donors (Lipinski definition) is 2. The number of hydrogen-bond acceptors (Lipinski definition) is 8. The van der Waals surface area contributed by atoms with Crippen molar-refractivity contribution in [2.24, 2.45) is 10.9 Å². The maximum atomic E-state index is 13.7. The number of esters is 1. The van der Waals surface area contributed by atoms with Crippen molar-refractivity contribution >= 4 is 40.7 Å². The Kier molecular flexibility index (Phi) is 6.54. The lowest BCUT2D eigenvalue weighted by molar-refractivity contribution is -0.147. The minimum absolute atomic E-state index is 0.134. The van der Waals surface area contributed by atoms with Gasteiger partial charge in [-0.05, 0) is 19.1 Å². The number of carbonyl (C=O) groups excluding carboxylic acids is 1. The molecule has 2 aliphatic rings. The number of benzene rings is 1. The molecule has 0 aliphatic carbocycles. The Bertz CT molecular complexity index is 1100. The lowest BCUT2D eigenvalue weighted by Crippen LogP contribution is -2.52. The van der Waals surface area contributed by atoms with Gasteiger partial charge in [0.2, 0.25) is 0 Å². The van der Waals surface area contributed by atoms with E-state index in [9.17, 15) is 19.1 Å². The number of aliphatic carboxylic acids is 1. The van der Waals surface area contributed by atoms with Gasteiger partial charge < -0.3 is 15.2 Å². The lowest BCUT2D eigenvalue weighted by atomic mass is 9.94. The molecular formula is C21H20ClFN4O4S. The summed E-state index contributed by atoms with van der Waals surface area (Å²) in [4.78, 5) is 35.1. The van der Waals surface area contributed by atoms with Crippen LogP contribution >= 0.6 is 22.9 Å². The number of nitrogens with zero attached hydrogens (tertiary/aromatic N) is 3. The molecule has 1 fully saturated rings. The summed E-state index contributed by atoms with van der Waals surface area (Å²) in [7, 11) is 0. The zero-order valence-corrected chi connectivity index (χ0v) is 18.6. The van der Waals surface area contributed by atoms with Crippen LogP contribution in [0.5, 0.6) is 0 Å². The summed E-state index contributed by atoms with van der Waals surface area (Å²) in [6.07, 6.45) is 1.64.